The fourth-order valence-corrected chi connectivity index (χ4v) is 3.57. The minimum atomic E-state index is -3.94. The second kappa shape index (κ2) is 5.86. The predicted molar refractivity (Wildman–Crippen MR) is 73.5 cm³/mol. The van der Waals surface area contributed by atoms with Crippen LogP contribution in [0, 0.1) is 5.82 Å². The lowest BCUT2D eigenvalue weighted by molar-refractivity contribution is 0.108. The van der Waals surface area contributed by atoms with Crippen LogP contribution in [0.2, 0.25) is 0 Å². The number of amides is 1. The van der Waals surface area contributed by atoms with Crippen LogP contribution in [0.15, 0.2) is 23.1 Å². The van der Waals surface area contributed by atoms with Crippen molar-refractivity contribution >= 4 is 21.8 Å². The summed E-state index contributed by atoms with van der Waals surface area (Å²) in [6, 6.07) is 3.45. The van der Waals surface area contributed by atoms with Gasteiger partial charge in [0, 0.05) is 31.9 Å². The third-order valence-electron chi connectivity index (χ3n) is 3.25. The van der Waals surface area contributed by atoms with Crippen LogP contribution in [-0.4, -0.2) is 57.0 Å². The van der Waals surface area contributed by atoms with Crippen LogP contribution >= 0.6 is 0 Å². The number of anilines is 1. The number of nitrogens with two attached hydrogens (primary N) is 1. The maximum absolute atomic E-state index is 13.8. The Balaban J connectivity index is 2.17. The Hall–Kier alpha value is -1.87. The summed E-state index contributed by atoms with van der Waals surface area (Å²) in [5.41, 5.74) is 5.56. The Morgan fingerprint density at radius 1 is 1.29 bits per heavy atom. The van der Waals surface area contributed by atoms with E-state index in [2.05, 4.69) is 4.74 Å². The first kappa shape index (κ1) is 15.5. The molecule has 1 aromatic rings. The largest absolute Gasteiger partial charge is 0.453 e. The van der Waals surface area contributed by atoms with Gasteiger partial charge in [-0.3, -0.25) is 0 Å². The van der Waals surface area contributed by atoms with E-state index in [0.29, 0.717) is 0 Å². The highest BCUT2D eigenvalue weighted by atomic mass is 32.2. The number of carbonyl (C=O) groups is 1. The quantitative estimate of drug-likeness (QED) is 0.801. The van der Waals surface area contributed by atoms with Crippen LogP contribution < -0.4 is 5.73 Å². The van der Waals surface area contributed by atoms with Crippen LogP contribution in [0.3, 0.4) is 0 Å². The molecule has 0 aliphatic carbocycles. The molecule has 21 heavy (non-hydrogen) atoms. The highest BCUT2D eigenvalue weighted by Gasteiger charge is 2.32. The Bertz CT molecular complexity index is 642. The number of carbonyl (C=O) groups excluding carboxylic acids is 1. The van der Waals surface area contributed by atoms with Crippen molar-refractivity contribution < 1.29 is 22.3 Å². The summed E-state index contributed by atoms with van der Waals surface area (Å²) in [4.78, 5) is 12.3. The Morgan fingerprint density at radius 2 is 1.90 bits per heavy atom. The van der Waals surface area contributed by atoms with E-state index in [-0.39, 0.29) is 31.9 Å². The molecular weight excluding hydrogens is 301 g/mol. The molecule has 116 valence electrons. The summed E-state index contributed by atoms with van der Waals surface area (Å²) in [6.07, 6.45) is -0.509. The molecule has 0 bridgehead atoms. The second-order valence-corrected chi connectivity index (χ2v) is 6.46. The highest BCUT2D eigenvalue weighted by molar-refractivity contribution is 7.89. The van der Waals surface area contributed by atoms with Crippen LogP contribution in [0.25, 0.3) is 0 Å². The Kier molecular flexibility index (Phi) is 4.33. The number of rotatable bonds is 2. The lowest BCUT2D eigenvalue weighted by atomic mass is 10.3. The number of ether oxygens (including phenoxy) is 1. The normalized spacial score (nSPS) is 16.8. The fraction of sp³-hybridized carbons (Fsp3) is 0.417. The van der Waals surface area contributed by atoms with Crippen molar-refractivity contribution in [3.63, 3.8) is 0 Å². The topological polar surface area (TPSA) is 92.9 Å². The van der Waals surface area contributed by atoms with Gasteiger partial charge < -0.3 is 15.4 Å². The molecule has 0 radical (unpaired) electrons. The molecule has 1 aliphatic heterocycles. The number of sulfonamides is 1. The van der Waals surface area contributed by atoms with E-state index in [4.69, 9.17) is 5.73 Å². The second-order valence-electron chi connectivity index (χ2n) is 4.55. The molecule has 0 aromatic heterocycles. The summed E-state index contributed by atoms with van der Waals surface area (Å²) in [7, 11) is -2.68. The molecule has 0 saturated carbocycles. The average molecular weight is 317 g/mol. The standard InChI is InChI=1S/C12H16FN3O4S/c1-20-12(17)15-4-6-16(7-5-15)21(18,19)11-3-2-9(14)8-10(11)13/h2-3,8H,4-7,14H2,1H3. The number of nitrogens with zero attached hydrogens (tertiary/aromatic N) is 2. The molecule has 1 saturated heterocycles. The molecule has 2 rings (SSSR count). The van der Waals surface area contributed by atoms with E-state index in [1.54, 1.807) is 0 Å². The van der Waals surface area contributed by atoms with Gasteiger partial charge in [-0.15, -0.1) is 0 Å². The molecule has 1 aromatic carbocycles. The van der Waals surface area contributed by atoms with Crippen molar-refractivity contribution in [1.82, 2.24) is 9.21 Å². The molecule has 1 fully saturated rings. The maximum Gasteiger partial charge on any atom is 0.409 e. The monoisotopic (exact) mass is 317 g/mol. The van der Waals surface area contributed by atoms with Gasteiger partial charge in [-0.25, -0.2) is 17.6 Å². The first-order chi connectivity index (χ1) is 9.86. The van der Waals surface area contributed by atoms with Gasteiger partial charge in [0.2, 0.25) is 10.0 Å². The van der Waals surface area contributed by atoms with Crippen molar-refractivity contribution in [2.75, 3.05) is 39.0 Å². The predicted octanol–water partition coefficient (Wildman–Crippen LogP) is 0.481. The number of hydrogen-bond acceptors (Lipinski definition) is 5. The maximum atomic E-state index is 13.8. The van der Waals surface area contributed by atoms with E-state index in [1.807, 2.05) is 0 Å². The molecule has 1 amide bonds. The van der Waals surface area contributed by atoms with Crippen LogP contribution in [-0.2, 0) is 14.8 Å². The average Bonchev–Trinajstić information content (AvgIpc) is 2.46. The van der Waals surface area contributed by atoms with Gasteiger partial charge in [-0.05, 0) is 18.2 Å². The number of methoxy groups -OCH3 is 1. The van der Waals surface area contributed by atoms with Crippen molar-refractivity contribution in [1.29, 1.82) is 0 Å². The van der Waals surface area contributed by atoms with Gasteiger partial charge in [0.05, 0.1) is 7.11 Å². The summed E-state index contributed by atoms with van der Waals surface area (Å²) in [5.74, 6) is -0.884. The lowest BCUT2D eigenvalue weighted by Crippen LogP contribution is -2.50. The zero-order valence-corrected chi connectivity index (χ0v) is 12.3. The van der Waals surface area contributed by atoms with Crippen LogP contribution in [0.5, 0.6) is 0 Å². The van der Waals surface area contributed by atoms with Crippen LogP contribution in [0.1, 0.15) is 0 Å². The van der Waals surface area contributed by atoms with E-state index in [1.165, 1.54) is 18.1 Å². The minimum Gasteiger partial charge on any atom is -0.453 e. The van der Waals surface area contributed by atoms with Gasteiger partial charge in [-0.1, -0.05) is 0 Å². The van der Waals surface area contributed by atoms with Crippen LogP contribution in [0.4, 0.5) is 14.9 Å². The van der Waals surface area contributed by atoms with Gasteiger partial charge >= 0.3 is 6.09 Å². The molecule has 0 unspecified atom stereocenters. The van der Waals surface area contributed by atoms with E-state index in [0.717, 1.165) is 16.4 Å². The van der Waals surface area contributed by atoms with Gasteiger partial charge in [0.15, 0.2) is 0 Å². The molecular formula is C12H16FN3O4S. The highest BCUT2D eigenvalue weighted by Crippen LogP contribution is 2.22. The molecule has 9 heteroatoms. The zero-order valence-electron chi connectivity index (χ0n) is 11.5. The molecule has 0 spiro atoms. The van der Waals surface area contributed by atoms with Gasteiger partial charge in [0.1, 0.15) is 10.7 Å². The SMILES string of the molecule is COC(=O)N1CCN(S(=O)(=O)c2ccc(N)cc2F)CC1. The third-order valence-corrected chi connectivity index (χ3v) is 5.18. The fourth-order valence-electron chi connectivity index (χ4n) is 2.11. The van der Waals surface area contributed by atoms with E-state index < -0.39 is 26.8 Å². The molecule has 7 nitrogen and oxygen atoms in total. The number of hydrogen-bond donors (Lipinski definition) is 1. The van der Waals surface area contributed by atoms with Crippen molar-refractivity contribution in [2.24, 2.45) is 0 Å². The van der Waals surface area contributed by atoms with Crippen molar-refractivity contribution in [3.8, 4) is 0 Å². The number of halogens is 1. The Morgan fingerprint density at radius 3 is 2.43 bits per heavy atom. The number of benzene rings is 1. The minimum absolute atomic E-state index is 0.0846. The Labute approximate surface area is 122 Å². The summed E-state index contributed by atoms with van der Waals surface area (Å²) in [6.45, 7) is 0.563. The smallest absolute Gasteiger partial charge is 0.409 e. The first-order valence-electron chi connectivity index (χ1n) is 6.24. The number of nitrogen functional groups attached to an aromatic ring is 1. The lowest BCUT2D eigenvalue weighted by Gasteiger charge is -2.33. The summed E-state index contributed by atoms with van der Waals surface area (Å²) in [5, 5.41) is 0. The third kappa shape index (κ3) is 3.08. The summed E-state index contributed by atoms with van der Waals surface area (Å²) < 4.78 is 44.3. The van der Waals surface area contributed by atoms with Crippen molar-refractivity contribution in [2.45, 2.75) is 4.90 Å². The van der Waals surface area contributed by atoms with Gasteiger partial charge in [-0.2, -0.15) is 4.31 Å². The molecule has 1 heterocycles. The van der Waals surface area contributed by atoms with E-state index >= 15 is 0 Å². The number of piperazine rings is 1. The van der Waals surface area contributed by atoms with Crippen molar-refractivity contribution in [3.05, 3.63) is 24.0 Å². The first-order valence-corrected chi connectivity index (χ1v) is 7.68. The molecule has 0 atom stereocenters. The molecule has 2 N–H and O–H groups in total. The zero-order chi connectivity index (χ0) is 15.6. The van der Waals surface area contributed by atoms with Gasteiger partial charge in [0.25, 0.3) is 0 Å². The van der Waals surface area contributed by atoms with E-state index in [9.17, 15) is 17.6 Å². The molecule has 1 aliphatic rings. The summed E-state index contributed by atoms with van der Waals surface area (Å²) >= 11 is 0.